The molecule has 1 aromatic carbocycles. The number of benzene rings is 1. The first kappa shape index (κ1) is 14.7. The summed E-state index contributed by atoms with van der Waals surface area (Å²) in [7, 11) is 0. The number of hydrogen-bond acceptors (Lipinski definition) is 2. The van der Waals surface area contributed by atoms with Gasteiger partial charge in [0.25, 0.3) is 0 Å². The third kappa shape index (κ3) is 1.76. The summed E-state index contributed by atoms with van der Waals surface area (Å²) in [6.45, 7) is 8.93. The Labute approximate surface area is 137 Å². The van der Waals surface area contributed by atoms with Crippen molar-refractivity contribution in [2.75, 3.05) is 6.54 Å². The van der Waals surface area contributed by atoms with Gasteiger partial charge in [-0.25, -0.2) is 0 Å². The molecule has 0 spiro atoms. The fourth-order valence-corrected chi connectivity index (χ4v) is 4.98. The van der Waals surface area contributed by atoms with Crippen molar-refractivity contribution < 1.29 is 9.59 Å². The van der Waals surface area contributed by atoms with Gasteiger partial charge in [-0.05, 0) is 30.9 Å². The summed E-state index contributed by atoms with van der Waals surface area (Å²) in [5.74, 6) is 0.174. The molecule has 4 aliphatic rings. The van der Waals surface area contributed by atoms with Crippen LogP contribution in [0.5, 0.6) is 0 Å². The Hall–Kier alpha value is -1.90. The van der Waals surface area contributed by atoms with Crippen LogP contribution in [-0.4, -0.2) is 23.3 Å². The molecular weight excluding hydrogens is 286 g/mol. The van der Waals surface area contributed by atoms with Gasteiger partial charge in [-0.1, -0.05) is 49.3 Å². The predicted octanol–water partition coefficient (Wildman–Crippen LogP) is 3.47. The number of allylic oxidation sites excluding steroid dienone is 2. The maximum Gasteiger partial charge on any atom is 0.234 e. The monoisotopic (exact) mass is 309 g/mol. The summed E-state index contributed by atoms with van der Waals surface area (Å²) in [6, 6.07) is 8.37. The van der Waals surface area contributed by atoms with Crippen LogP contribution in [0.15, 0.2) is 35.4 Å². The fourth-order valence-electron chi connectivity index (χ4n) is 4.98. The second-order valence-corrected chi connectivity index (χ2v) is 7.68. The van der Waals surface area contributed by atoms with Crippen LogP contribution >= 0.6 is 0 Å². The molecule has 23 heavy (non-hydrogen) atoms. The van der Waals surface area contributed by atoms with E-state index in [4.69, 9.17) is 0 Å². The quantitative estimate of drug-likeness (QED) is 0.619. The first-order valence-corrected chi connectivity index (χ1v) is 8.54. The van der Waals surface area contributed by atoms with E-state index in [2.05, 4.69) is 39.8 Å². The van der Waals surface area contributed by atoms with Crippen LogP contribution in [0.2, 0.25) is 0 Å². The molecule has 0 unspecified atom stereocenters. The second-order valence-electron chi connectivity index (χ2n) is 7.68. The van der Waals surface area contributed by atoms with Gasteiger partial charge in [0.05, 0.1) is 11.8 Å². The lowest BCUT2D eigenvalue weighted by Crippen LogP contribution is -2.40. The average Bonchev–Trinajstić information content (AvgIpc) is 2.76. The third-order valence-electron chi connectivity index (χ3n) is 5.98. The molecule has 2 bridgehead atoms. The van der Waals surface area contributed by atoms with Crippen molar-refractivity contribution in [3.63, 3.8) is 0 Å². The molecular formula is C20H23NO2. The summed E-state index contributed by atoms with van der Waals surface area (Å²) in [5.41, 5.74) is 5.11. The van der Waals surface area contributed by atoms with Gasteiger partial charge >= 0.3 is 0 Å². The zero-order valence-electron chi connectivity index (χ0n) is 14.2. The zero-order chi connectivity index (χ0) is 16.5. The average molecular weight is 309 g/mol. The molecule has 0 saturated carbocycles. The molecule has 0 N–H and O–H groups in total. The van der Waals surface area contributed by atoms with E-state index in [0.717, 1.165) is 0 Å². The van der Waals surface area contributed by atoms with Crippen molar-refractivity contribution in [2.24, 2.45) is 17.8 Å². The van der Waals surface area contributed by atoms with Crippen molar-refractivity contribution in [3.05, 3.63) is 46.5 Å². The molecule has 0 radical (unpaired) electrons. The molecule has 3 heteroatoms. The molecule has 120 valence electrons. The van der Waals surface area contributed by atoms with E-state index in [9.17, 15) is 9.59 Å². The van der Waals surface area contributed by atoms with E-state index < -0.39 is 0 Å². The van der Waals surface area contributed by atoms with Crippen molar-refractivity contribution in [1.29, 1.82) is 0 Å². The van der Waals surface area contributed by atoms with Gasteiger partial charge in [-0.2, -0.15) is 0 Å². The molecule has 5 rings (SSSR count). The Morgan fingerprint density at radius 2 is 1.35 bits per heavy atom. The summed E-state index contributed by atoms with van der Waals surface area (Å²) in [4.78, 5) is 27.6. The summed E-state index contributed by atoms with van der Waals surface area (Å²) in [5, 5.41) is 0. The van der Waals surface area contributed by atoms with Crippen LogP contribution in [0.25, 0.3) is 0 Å². The molecule has 1 fully saturated rings. The number of rotatable bonds is 2. The Kier molecular flexibility index (Phi) is 3.06. The van der Waals surface area contributed by atoms with E-state index >= 15 is 0 Å². The molecule has 0 aromatic heterocycles. The molecule has 4 atom stereocenters. The lowest BCUT2D eigenvalue weighted by molar-refractivity contribution is -0.140. The minimum atomic E-state index is -0.190. The zero-order valence-corrected chi connectivity index (χ0v) is 14.2. The molecule has 1 aliphatic heterocycles. The van der Waals surface area contributed by atoms with Crippen LogP contribution in [-0.2, 0) is 9.59 Å². The number of carbonyl (C=O) groups excluding carboxylic acids is 2. The number of amides is 2. The van der Waals surface area contributed by atoms with Crippen LogP contribution in [0.1, 0.15) is 50.7 Å². The fraction of sp³-hybridized carbons (Fsp3) is 0.500. The minimum absolute atomic E-state index is 0.0463. The molecule has 3 aliphatic carbocycles. The molecule has 1 saturated heterocycles. The van der Waals surface area contributed by atoms with Gasteiger partial charge in [0.1, 0.15) is 0 Å². The third-order valence-corrected chi connectivity index (χ3v) is 5.98. The van der Waals surface area contributed by atoms with Crippen LogP contribution < -0.4 is 0 Å². The molecule has 1 heterocycles. The second kappa shape index (κ2) is 4.80. The smallest absolute Gasteiger partial charge is 0.234 e. The van der Waals surface area contributed by atoms with Gasteiger partial charge in [-0.15, -0.1) is 0 Å². The van der Waals surface area contributed by atoms with Crippen LogP contribution in [0.4, 0.5) is 0 Å². The topological polar surface area (TPSA) is 37.4 Å². The SMILES string of the molecule is CC1=C(C)[C@H]2c3ccccc3[C@@H]1[C@H]1C(=O)N(CC(C)C)C(=O)[C@H]12. The number of imide groups is 1. The van der Waals surface area contributed by atoms with Crippen molar-refractivity contribution >= 4 is 11.8 Å². The maximum absolute atomic E-state index is 13.0. The molecule has 3 nitrogen and oxygen atoms in total. The Balaban J connectivity index is 1.87. The minimum Gasteiger partial charge on any atom is -0.282 e. The highest BCUT2D eigenvalue weighted by molar-refractivity contribution is 6.07. The number of nitrogens with zero attached hydrogens (tertiary/aromatic N) is 1. The van der Waals surface area contributed by atoms with E-state index in [-0.39, 0.29) is 35.5 Å². The van der Waals surface area contributed by atoms with Crippen molar-refractivity contribution in [1.82, 2.24) is 4.90 Å². The molecule has 2 amide bonds. The van der Waals surface area contributed by atoms with Gasteiger partial charge in [0.15, 0.2) is 0 Å². The molecule has 1 aromatic rings. The van der Waals surface area contributed by atoms with Gasteiger partial charge in [0.2, 0.25) is 11.8 Å². The maximum atomic E-state index is 13.0. The Bertz CT molecular complexity index is 689. The first-order chi connectivity index (χ1) is 10.9. The highest BCUT2D eigenvalue weighted by atomic mass is 16.2. The number of hydrogen-bond donors (Lipinski definition) is 0. The standard InChI is InChI=1S/C20H23NO2/c1-10(2)9-21-19(22)17-15-11(3)12(4)16(18(17)20(21)23)14-8-6-5-7-13(14)15/h5-8,10,15-18H,9H2,1-4H3/t15-,16+,17-,18+. The van der Waals surface area contributed by atoms with Crippen LogP contribution in [0.3, 0.4) is 0 Å². The summed E-state index contributed by atoms with van der Waals surface area (Å²) < 4.78 is 0. The van der Waals surface area contributed by atoms with Gasteiger partial charge < -0.3 is 0 Å². The van der Waals surface area contributed by atoms with E-state index in [0.29, 0.717) is 12.5 Å². The lowest BCUT2D eigenvalue weighted by atomic mass is 9.55. The number of carbonyl (C=O) groups is 2. The largest absolute Gasteiger partial charge is 0.282 e. The van der Waals surface area contributed by atoms with E-state index in [1.807, 2.05) is 12.1 Å². The van der Waals surface area contributed by atoms with Crippen LogP contribution in [0, 0.1) is 17.8 Å². The highest BCUT2D eigenvalue weighted by Gasteiger charge is 2.60. The Morgan fingerprint density at radius 1 is 0.913 bits per heavy atom. The van der Waals surface area contributed by atoms with Crippen molar-refractivity contribution in [2.45, 2.75) is 39.5 Å². The normalized spacial score (nSPS) is 32.0. The van der Waals surface area contributed by atoms with E-state index in [1.54, 1.807) is 0 Å². The van der Waals surface area contributed by atoms with E-state index in [1.165, 1.54) is 27.2 Å². The van der Waals surface area contributed by atoms with Crippen molar-refractivity contribution in [3.8, 4) is 0 Å². The number of likely N-dealkylation sites (tertiary alicyclic amines) is 1. The summed E-state index contributed by atoms with van der Waals surface area (Å²) >= 11 is 0. The highest BCUT2D eigenvalue weighted by Crippen LogP contribution is 2.60. The lowest BCUT2D eigenvalue weighted by Gasteiger charge is -2.46. The first-order valence-electron chi connectivity index (χ1n) is 8.54. The Morgan fingerprint density at radius 3 is 1.74 bits per heavy atom. The predicted molar refractivity (Wildman–Crippen MR) is 88.8 cm³/mol. The van der Waals surface area contributed by atoms with Gasteiger partial charge in [-0.3, -0.25) is 14.5 Å². The summed E-state index contributed by atoms with van der Waals surface area (Å²) in [6.07, 6.45) is 0. The van der Waals surface area contributed by atoms with Gasteiger partial charge in [0, 0.05) is 18.4 Å².